The number of carboxylic acids is 1. The van der Waals surface area contributed by atoms with Crippen LogP contribution in [-0.4, -0.2) is 33.5 Å². The van der Waals surface area contributed by atoms with Gasteiger partial charge in [-0.05, 0) is 103 Å². The summed E-state index contributed by atoms with van der Waals surface area (Å²) in [5.74, 6) is 0.225. The molecule has 0 aromatic carbocycles. The number of allylic oxidation sites excluding steroid dienone is 1. The number of carboxylic acid groups (broad SMARTS) is 1. The van der Waals surface area contributed by atoms with Crippen LogP contribution in [0, 0.1) is 50.2 Å². The number of carbonyl (C=O) groups is 1. The fourth-order valence-electron chi connectivity index (χ4n) is 10.9. The normalized spacial score (nSPS) is 53.4. The van der Waals surface area contributed by atoms with Crippen molar-refractivity contribution in [3.63, 3.8) is 0 Å². The lowest BCUT2D eigenvalue weighted by atomic mass is 9.32. The SMILES string of the molecule is CC1(C)C=C2C3CCC4C5(C)CCC(O)C(C)(C)C5C(O)CC4(C)C3(C)CCC2(C(=O)O)CC1. The largest absolute Gasteiger partial charge is 0.481 e. The van der Waals surface area contributed by atoms with Crippen LogP contribution in [0.1, 0.15) is 106 Å². The maximum Gasteiger partial charge on any atom is 0.313 e. The molecule has 0 heterocycles. The molecule has 0 spiro atoms. The van der Waals surface area contributed by atoms with Crippen LogP contribution in [0.3, 0.4) is 0 Å². The summed E-state index contributed by atoms with van der Waals surface area (Å²) in [5, 5.41) is 33.1. The Morgan fingerprint density at radius 3 is 2.15 bits per heavy atom. The second-order valence-electron chi connectivity index (χ2n) is 15.1. The van der Waals surface area contributed by atoms with E-state index in [1.165, 1.54) is 5.57 Å². The summed E-state index contributed by atoms with van der Waals surface area (Å²) in [6.45, 7) is 16.1. The van der Waals surface area contributed by atoms with Crippen molar-refractivity contribution in [2.24, 2.45) is 50.2 Å². The summed E-state index contributed by atoms with van der Waals surface area (Å²) in [4.78, 5) is 12.8. The lowest BCUT2D eigenvalue weighted by Crippen LogP contribution is -2.69. The van der Waals surface area contributed by atoms with Crippen LogP contribution in [0.4, 0.5) is 0 Å². The van der Waals surface area contributed by atoms with E-state index in [2.05, 4.69) is 54.5 Å². The maximum atomic E-state index is 12.8. The Morgan fingerprint density at radius 1 is 0.853 bits per heavy atom. The first-order valence-corrected chi connectivity index (χ1v) is 13.9. The van der Waals surface area contributed by atoms with Crippen molar-refractivity contribution < 1.29 is 20.1 Å². The molecule has 0 radical (unpaired) electrons. The number of aliphatic hydroxyl groups excluding tert-OH is 2. The highest BCUT2D eigenvalue weighted by atomic mass is 16.4. The summed E-state index contributed by atoms with van der Waals surface area (Å²) in [7, 11) is 0. The molecule has 9 unspecified atom stereocenters. The monoisotopic (exact) mass is 472 g/mol. The van der Waals surface area contributed by atoms with Crippen LogP contribution in [0.2, 0.25) is 0 Å². The third kappa shape index (κ3) is 2.88. The van der Waals surface area contributed by atoms with Crippen LogP contribution in [-0.2, 0) is 4.79 Å². The second kappa shape index (κ2) is 7.12. The molecule has 192 valence electrons. The molecule has 0 aromatic heterocycles. The first-order chi connectivity index (χ1) is 15.6. The first-order valence-electron chi connectivity index (χ1n) is 13.9. The molecule has 3 N–H and O–H groups in total. The van der Waals surface area contributed by atoms with E-state index in [4.69, 9.17) is 0 Å². The molecule has 5 rings (SSSR count). The van der Waals surface area contributed by atoms with Gasteiger partial charge >= 0.3 is 5.97 Å². The number of fused-ring (bicyclic) bond motifs is 7. The molecule has 5 aliphatic rings. The van der Waals surface area contributed by atoms with Crippen molar-refractivity contribution in [3.05, 3.63) is 11.6 Å². The molecule has 4 saturated carbocycles. The van der Waals surface area contributed by atoms with Gasteiger partial charge in [-0.25, -0.2) is 0 Å². The number of aliphatic hydroxyl groups is 2. The van der Waals surface area contributed by atoms with E-state index in [0.29, 0.717) is 5.92 Å². The van der Waals surface area contributed by atoms with Gasteiger partial charge in [-0.15, -0.1) is 0 Å². The molecule has 4 nitrogen and oxygen atoms in total. The van der Waals surface area contributed by atoms with Crippen LogP contribution < -0.4 is 0 Å². The highest BCUT2D eigenvalue weighted by Crippen LogP contribution is 2.76. The summed E-state index contributed by atoms with van der Waals surface area (Å²) >= 11 is 0. The molecule has 0 bridgehead atoms. The predicted octanol–water partition coefficient (Wildman–Crippen LogP) is 6.20. The third-order valence-corrected chi connectivity index (χ3v) is 12.9. The molecule has 0 saturated heterocycles. The minimum absolute atomic E-state index is 0.00925. The zero-order valence-electron chi connectivity index (χ0n) is 22.6. The van der Waals surface area contributed by atoms with Gasteiger partial charge in [-0.2, -0.15) is 0 Å². The van der Waals surface area contributed by atoms with Gasteiger partial charge in [0.05, 0.1) is 17.6 Å². The molecular weight excluding hydrogens is 424 g/mol. The number of rotatable bonds is 1. The van der Waals surface area contributed by atoms with Crippen LogP contribution in [0.15, 0.2) is 11.6 Å². The Balaban J connectivity index is 1.61. The quantitative estimate of drug-likeness (QED) is 0.397. The van der Waals surface area contributed by atoms with Crippen molar-refractivity contribution in [2.45, 2.75) is 118 Å². The van der Waals surface area contributed by atoms with Crippen molar-refractivity contribution in [1.82, 2.24) is 0 Å². The van der Waals surface area contributed by atoms with Crippen molar-refractivity contribution >= 4 is 5.97 Å². The Hall–Kier alpha value is -0.870. The standard InChI is InChI=1S/C30H48O4/c1-25(2)12-14-30(24(33)34)15-13-28(6)18(19(30)16-25)8-9-21-27(5)11-10-22(32)26(3,4)23(27)20(31)17-29(21,28)7/h16,18,20-23,31-32H,8-15,17H2,1-7H3,(H,33,34). The average molecular weight is 473 g/mol. The molecule has 34 heavy (non-hydrogen) atoms. The van der Waals surface area contributed by atoms with Crippen molar-refractivity contribution in [3.8, 4) is 0 Å². The van der Waals surface area contributed by atoms with Crippen LogP contribution in [0.25, 0.3) is 0 Å². The van der Waals surface area contributed by atoms with Gasteiger partial charge in [0.15, 0.2) is 0 Å². The van der Waals surface area contributed by atoms with Crippen molar-refractivity contribution in [1.29, 1.82) is 0 Å². The third-order valence-electron chi connectivity index (χ3n) is 12.9. The van der Waals surface area contributed by atoms with Crippen LogP contribution >= 0.6 is 0 Å². The minimum Gasteiger partial charge on any atom is -0.481 e. The molecule has 0 aromatic rings. The van der Waals surface area contributed by atoms with Crippen LogP contribution in [0.5, 0.6) is 0 Å². The molecule has 4 heteroatoms. The van der Waals surface area contributed by atoms with E-state index >= 15 is 0 Å². The zero-order chi connectivity index (χ0) is 25.1. The Labute approximate surface area is 206 Å². The first kappa shape index (κ1) is 24.8. The summed E-state index contributed by atoms with van der Waals surface area (Å²) in [6, 6.07) is 0. The smallest absolute Gasteiger partial charge is 0.313 e. The van der Waals surface area contributed by atoms with Crippen molar-refractivity contribution in [2.75, 3.05) is 0 Å². The molecule has 9 atom stereocenters. The number of hydrogen-bond donors (Lipinski definition) is 3. The van der Waals surface area contributed by atoms with E-state index in [1.807, 2.05) is 0 Å². The van der Waals surface area contributed by atoms with Gasteiger partial charge in [0, 0.05) is 0 Å². The van der Waals surface area contributed by atoms with Gasteiger partial charge in [0.2, 0.25) is 0 Å². The second-order valence-corrected chi connectivity index (χ2v) is 15.1. The minimum atomic E-state index is -0.695. The average Bonchev–Trinajstić information content (AvgIpc) is 2.70. The predicted molar refractivity (Wildman–Crippen MR) is 134 cm³/mol. The molecule has 0 aliphatic heterocycles. The van der Waals surface area contributed by atoms with E-state index in [9.17, 15) is 20.1 Å². The van der Waals surface area contributed by atoms with Gasteiger partial charge < -0.3 is 15.3 Å². The van der Waals surface area contributed by atoms with E-state index < -0.39 is 17.5 Å². The van der Waals surface area contributed by atoms with Gasteiger partial charge in [-0.3, -0.25) is 4.79 Å². The molecular formula is C30H48O4. The molecule has 0 amide bonds. The van der Waals surface area contributed by atoms with Gasteiger partial charge in [-0.1, -0.05) is 60.1 Å². The Kier molecular flexibility index (Phi) is 5.20. The van der Waals surface area contributed by atoms with E-state index in [0.717, 1.165) is 57.8 Å². The molecule has 5 aliphatic carbocycles. The Morgan fingerprint density at radius 2 is 1.50 bits per heavy atom. The molecule has 4 fully saturated rings. The van der Waals surface area contributed by atoms with Gasteiger partial charge in [0.1, 0.15) is 0 Å². The maximum absolute atomic E-state index is 12.8. The Bertz CT molecular complexity index is 919. The van der Waals surface area contributed by atoms with E-state index in [-0.39, 0.29) is 45.0 Å². The fraction of sp³-hybridized carbons (Fsp3) is 0.900. The highest BCUT2D eigenvalue weighted by Gasteiger charge is 2.71. The van der Waals surface area contributed by atoms with E-state index in [1.54, 1.807) is 0 Å². The number of hydrogen-bond acceptors (Lipinski definition) is 3. The lowest BCUT2D eigenvalue weighted by molar-refractivity contribution is -0.262. The van der Waals surface area contributed by atoms with Gasteiger partial charge in [0.25, 0.3) is 0 Å². The summed E-state index contributed by atoms with van der Waals surface area (Å²) in [6.07, 6.45) is 9.57. The lowest BCUT2D eigenvalue weighted by Gasteiger charge is -2.73. The highest BCUT2D eigenvalue weighted by molar-refractivity contribution is 5.80. The topological polar surface area (TPSA) is 77.8 Å². The zero-order valence-corrected chi connectivity index (χ0v) is 22.6. The number of aliphatic carboxylic acids is 1. The fourth-order valence-corrected chi connectivity index (χ4v) is 10.9. The summed E-state index contributed by atoms with van der Waals surface area (Å²) in [5.41, 5.74) is 0.175. The summed E-state index contributed by atoms with van der Waals surface area (Å²) < 4.78 is 0.